The van der Waals surface area contributed by atoms with Crippen LogP contribution in [0, 0.1) is 0 Å². The van der Waals surface area contributed by atoms with Gasteiger partial charge >= 0.3 is 0 Å². The molecule has 1 aromatic heterocycles. The van der Waals surface area contributed by atoms with E-state index in [1.165, 1.54) is 18.3 Å². The van der Waals surface area contributed by atoms with E-state index in [1.54, 1.807) is 23.1 Å². The van der Waals surface area contributed by atoms with E-state index in [0.717, 1.165) is 10.6 Å². The standard InChI is InChI=1S/C20H18N4O3S/c1-13(25)24-12-17(27-16-10-6-5-9-15(16)24)19(26)21-20-23-22-18(28-20)11-14-7-3-2-4-8-14/h2-10,17H,11-12H2,1H3,(H,21,23,26). The molecular weight excluding hydrogens is 376 g/mol. The number of carbonyl (C=O) groups excluding carboxylic acids is 2. The van der Waals surface area contributed by atoms with Crippen molar-refractivity contribution in [1.82, 2.24) is 10.2 Å². The van der Waals surface area contributed by atoms with E-state index >= 15 is 0 Å². The molecule has 8 heteroatoms. The van der Waals surface area contributed by atoms with Crippen LogP contribution in [-0.2, 0) is 16.0 Å². The van der Waals surface area contributed by atoms with Crippen molar-refractivity contribution < 1.29 is 14.3 Å². The fourth-order valence-corrected chi connectivity index (χ4v) is 3.78. The van der Waals surface area contributed by atoms with Crippen LogP contribution in [0.1, 0.15) is 17.5 Å². The summed E-state index contributed by atoms with van der Waals surface area (Å²) in [5.41, 5.74) is 1.79. The van der Waals surface area contributed by atoms with Gasteiger partial charge in [-0.3, -0.25) is 14.9 Å². The van der Waals surface area contributed by atoms with Crippen molar-refractivity contribution in [2.75, 3.05) is 16.8 Å². The lowest BCUT2D eigenvalue weighted by Gasteiger charge is -2.33. The number of para-hydroxylation sites is 2. The molecule has 1 unspecified atom stereocenters. The van der Waals surface area contributed by atoms with Gasteiger partial charge in [-0.25, -0.2) is 0 Å². The van der Waals surface area contributed by atoms with E-state index in [4.69, 9.17) is 4.74 Å². The average Bonchev–Trinajstić information content (AvgIpc) is 3.14. The summed E-state index contributed by atoms with van der Waals surface area (Å²) in [6, 6.07) is 17.1. The molecule has 0 radical (unpaired) electrons. The summed E-state index contributed by atoms with van der Waals surface area (Å²) in [7, 11) is 0. The molecule has 0 fully saturated rings. The second kappa shape index (κ2) is 7.77. The van der Waals surface area contributed by atoms with Gasteiger partial charge in [0.15, 0.2) is 6.10 Å². The van der Waals surface area contributed by atoms with Gasteiger partial charge in [0.05, 0.1) is 12.2 Å². The highest BCUT2D eigenvalue weighted by Gasteiger charge is 2.32. The molecule has 4 rings (SSSR count). The number of ether oxygens (including phenoxy) is 1. The molecule has 0 aliphatic carbocycles. The average molecular weight is 394 g/mol. The van der Waals surface area contributed by atoms with Crippen LogP contribution < -0.4 is 15.0 Å². The Kier molecular flexibility index (Phi) is 5.03. The second-order valence-electron chi connectivity index (χ2n) is 6.36. The molecule has 2 heterocycles. The van der Waals surface area contributed by atoms with Gasteiger partial charge in [-0.1, -0.05) is 53.8 Å². The molecule has 0 spiro atoms. The van der Waals surface area contributed by atoms with Gasteiger partial charge in [-0.2, -0.15) is 0 Å². The van der Waals surface area contributed by atoms with Gasteiger partial charge in [-0.15, -0.1) is 10.2 Å². The molecule has 142 valence electrons. The first kappa shape index (κ1) is 18.1. The third-order valence-corrected chi connectivity index (χ3v) is 5.18. The second-order valence-corrected chi connectivity index (χ2v) is 7.42. The summed E-state index contributed by atoms with van der Waals surface area (Å²) < 4.78 is 5.80. The molecule has 2 aromatic carbocycles. The van der Waals surface area contributed by atoms with Crippen molar-refractivity contribution in [3.63, 3.8) is 0 Å². The number of benzene rings is 2. The van der Waals surface area contributed by atoms with Gasteiger partial charge in [-0.05, 0) is 17.7 Å². The Morgan fingerprint density at radius 1 is 1.14 bits per heavy atom. The number of anilines is 2. The molecular formula is C20H18N4O3S. The van der Waals surface area contributed by atoms with Gasteiger partial charge in [0, 0.05) is 13.3 Å². The summed E-state index contributed by atoms with van der Waals surface area (Å²) in [6.45, 7) is 1.62. The number of carbonyl (C=O) groups is 2. The number of nitrogens with one attached hydrogen (secondary N) is 1. The Morgan fingerprint density at radius 2 is 1.89 bits per heavy atom. The Balaban J connectivity index is 1.45. The normalized spacial score (nSPS) is 15.5. The summed E-state index contributed by atoms with van der Waals surface area (Å²) in [5.74, 6) is 0.00362. The minimum absolute atomic E-state index is 0.144. The maximum atomic E-state index is 12.7. The van der Waals surface area contributed by atoms with Gasteiger partial charge in [0.25, 0.3) is 5.91 Å². The third kappa shape index (κ3) is 3.86. The molecule has 1 atom stereocenters. The largest absolute Gasteiger partial charge is 0.476 e. The predicted molar refractivity (Wildman–Crippen MR) is 107 cm³/mol. The summed E-state index contributed by atoms with van der Waals surface area (Å²) in [4.78, 5) is 26.2. The number of nitrogens with zero attached hydrogens (tertiary/aromatic N) is 3. The lowest BCUT2D eigenvalue weighted by Crippen LogP contribution is -2.48. The van der Waals surface area contributed by atoms with Gasteiger partial charge in [0.2, 0.25) is 11.0 Å². The predicted octanol–water partition coefficient (Wildman–Crippen LogP) is 2.88. The molecule has 3 aromatic rings. The maximum Gasteiger partial charge on any atom is 0.269 e. The zero-order valence-electron chi connectivity index (χ0n) is 15.2. The van der Waals surface area contributed by atoms with E-state index in [2.05, 4.69) is 15.5 Å². The fourth-order valence-electron chi connectivity index (χ4n) is 3.00. The Labute approximate surface area is 166 Å². The molecule has 0 saturated heterocycles. The van der Waals surface area contributed by atoms with Crippen LogP contribution in [0.2, 0.25) is 0 Å². The zero-order valence-corrected chi connectivity index (χ0v) is 16.0. The Hall–Kier alpha value is -3.26. The summed E-state index contributed by atoms with van der Waals surface area (Å²) in [6.07, 6.45) is -0.167. The number of fused-ring (bicyclic) bond motifs is 1. The maximum absolute atomic E-state index is 12.7. The minimum Gasteiger partial charge on any atom is -0.476 e. The molecule has 7 nitrogen and oxygen atoms in total. The fraction of sp³-hybridized carbons (Fsp3) is 0.200. The van der Waals surface area contributed by atoms with E-state index in [1.807, 2.05) is 36.4 Å². The smallest absolute Gasteiger partial charge is 0.269 e. The van der Waals surface area contributed by atoms with Crippen LogP contribution in [0.3, 0.4) is 0 Å². The van der Waals surface area contributed by atoms with Crippen molar-refractivity contribution in [2.45, 2.75) is 19.4 Å². The SMILES string of the molecule is CC(=O)N1CC(C(=O)Nc2nnc(Cc3ccccc3)s2)Oc2ccccc21. The third-order valence-electron chi connectivity index (χ3n) is 4.34. The molecule has 0 saturated carbocycles. The Morgan fingerprint density at radius 3 is 2.68 bits per heavy atom. The first-order valence-corrected chi connectivity index (χ1v) is 9.63. The highest BCUT2D eigenvalue weighted by atomic mass is 32.1. The van der Waals surface area contributed by atoms with Crippen LogP contribution in [0.15, 0.2) is 54.6 Å². The first-order valence-electron chi connectivity index (χ1n) is 8.81. The minimum atomic E-state index is -0.819. The number of aromatic nitrogens is 2. The number of hydrogen-bond donors (Lipinski definition) is 1. The van der Waals surface area contributed by atoms with Gasteiger partial charge < -0.3 is 9.64 Å². The van der Waals surface area contributed by atoms with Crippen LogP contribution >= 0.6 is 11.3 Å². The van der Waals surface area contributed by atoms with E-state index in [0.29, 0.717) is 23.0 Å². The zero-order chi connectivity index (χ0) is 19.5. The first-order chi connectivity index (χ1) is 13.6. The number of amides is 2. The van der Waals surface area contributed by atoms with Crippen LogP contribution in [0.25, 0.3) is 0 Å². The Bertz CT molecular complexity index is 1010. The van der Waals surface area contributed by atoms with Crippen LogP contribution in [-0.4, -0.2) is 34.7 Å². The molecule has 28 heavy (non-hydrogen) atoms. The monoisotopic (exact) mass is 394 g/mol. The topological polar surface area (TPSA) is 84.4 Å². The highest BCUT2D eigenvalue weighted by molar-refractivity contribution is 7.15. The molecule has 0 bridgehead atoms. The van der Waals surface area contributed by atoms with Crippen molar-refractivity contribution in [2.24, 2.45) is 0 Å². The van der Waals surface area contributed by atoms with Crippen molar-refractivity contribution >= 4 is 34.0 Å². The molecule has 1 aliphatic rings. The lowest BCUT2D eigenvalue weighted by atomic mass is 10.2. The lowest BCUT2D eigenvalue weighted by molar-refractivity contribution is -0.123. The van der Waals surface area contributed by atoms with Crippen LogP contribution in [0.5, 0.6) is 5.75 Å². The van der Waals surface area contributed by atoms with E-state index < -0.39 is 6.10 Å². The summed E-state index contributed by atoms with van der Waals surface area (Å²) in [5, 5.41) is 12.2. The van der Waals surface area contributed by atoms with Crippen LogP contribution in [0.4, 0.5) is 10.8 Å². The molecule has 1 aliphatic heterocycles. The van der Waals surface area contributed by atoms with E-state index in [9.17, 15) is 9.59 Å². The highest BCUT2D eigenvalue weighted by Crippen LogP contribution is 2.33. The molecule has 1 N–H and O–H groups in total. The number of rotatable bonds is 4. The van der Waals surface area contributed by atoms with Gasteiger partial charge in [0.1, 0.15) is 10.8 Å². The molecule has 2 amide bonds. The van der Waals surface area contributed by atoms with Crippen molar-refractivity contribution in [1.29, 1.82) is 0 Å². The summed E-state index contributed by atoms with van der Waals surface area (Å²) >= 11 is 1.32. The van der Waals surface area contributed by atoms with Crippen molar-refractivity contribution in [3.05, 3.63) is 65.2 Å². The van der Waals surface area contributed by atoms with E-state index in [-0.39, 0.29) is 18.4 Å². The number of hydrogen-bond acceptors (Lipinski definition) is 6. The quantitative estimate of drug-likeness (QED) is 0.736. The van der Waals surface area contributed by atoms with Crippen molar-refractivity contribution in [3.8, 4) is 5.75 Å².